The summed E-state index contributed by atoms with van der Waals surface area (Å²) in [5.74, 6) is -3.87. The molecule has 0 bridgehead atoms. The number of nitrogens with one attached hydrogen (secondary N) is 4. The third-order valence-corrected chi connectivity index (χ3v) is 8.60. The molecule has 17 nitrogen and oxygen atoms in total. The largest absolute Gasteiger partial charge is 0.469 e. The SMILES string of the molecule is COC(=O)CCC(=O)N[C@@H](C)C(=O)N[C@@H](C)C(=O)N1CCC[C@@H]1C(=O)N[C@H](C(=O)Nc1ccc2c(CP(=O)(O)O)cc(=O)oc2c1)C(C)C. The monoisotopic (exact) mass is 707 g/mol. The molecule has 6 N–H and O–H groups in total. The number of hydrogen-bond acceptors (Lipinski definition) is 10. The molecule has 1 aromatic heterocycles. The average molecular weight is 708 g/mol. The van der Waals surface area contributed by atoms with E-state index in [9.17, 15) is 47.9 Å². The molecular weight excluding hydrogens is 665 g/mol. The first-order chi connectivity index (χ1) is 22.9. The molecule has 0 saturated carbocycles. The molecule has 2 aromatic rings. The van der Waals surface area contributed by atoms with Gasteiger partial charge in [-0.05, 0) is 50.3 Å². The van der Waals surface area contributed by atoms with E-state index in [0.717, 1.165) is 6.07 Å². The fourth-order valence-electron chi connectivity index (χ4n) is 5.31. The van der Waals surface area contributed by atoms with E-state index in [0.29, 0.717) is 12.8 Å². The molecule has 0 aliphatic carbocycles. The highest BCUT2D eigenvalue weighted by molar-refractivity contribution is 7.50. The normalized spacial score (nSPS) is 16.4. The number of ether oxygens (including phenoxy) is 1. The summed E-state index contributed by atoms with van der Waals surface area (Å²) in [4.78, 5) is 108. The zero-order chi connectivity index (χ0) is 36.6. The Morgan fingerprint density at radius 2 is 1.67 bits per heavy atom. The van der Waals surface area contributed by atoms with Crippen molar-refractivity contribution in [2.24, 2.45) is 5.92 Å². The molecule has 49 heavy (non-hydrogen) atoms. The Morgan fingerprint density at radius 1 is 0.980 bits per heavy atom. The van der Waals surface area contributed by atoms with Crippen molar-refractivity contribution in [3.05, 3.63) is 40.2 Å². The van der Waals surface area contributed by atoms with E-state index >= 15 is 0 Å². The number of benzene rings is 1. The lowest BCUT2D eigenvalue weighted by Gasteiger charge is -2.30. The van der Waals surface area contributed by atoms with E-state index in [-0.39, 0.29) is 41.6 Å². The minimum absolute atomic E-state index is 0.00413. The topological polar surface area (TPSA) is 251 Å². The van der Waals surface area contributed by atoms with Crippen LogP contribution in [-0.2, 0) is 44.2 Å². The lowest BCUT2D eigenvalue weighted by atomic mass is 10.0. The van der Waals surface area contributed by atoms with Crippen molar-refractivity contribution in [3.8, 4) is 0 Å². The fraction of sp³-hybridized carbons (Fsp3) is 0.516. The van der Waals surface area contributed by atoms with Gasteiger partial charge in [0, 0.05) is 36.2 Å². The minimum atomic E-state index is -4.49. The summed E-state index contributed by atoms with van der Waals surface area (Å²) in [5, 5.41) is 10.6. The van der Waals surface area contributed by atoms with Crippen LogP contribution < -0.4 is 26.9 Å². The van der Waals surface area contributed by atoms with E-state index in [1.54, 1.807) is 13.8 Å². The van der Waals surface area contributed by atoms with Crippen LogP contribution in [0.4, 0.5) is 5.69 Å². The van der Waals surface area contributed by atoms with E-state index in [2.05, 4.69) is 26.0 Å². The number of carbonyl (C=O) groups excluding carboxylic acids is 6. The van der Waals surface area contributed by atoms with E-state index < -0.39 is 85.0 Å². The predicted molar refractivity (Wildman–Crippen MR) is 175 cm³/mol. The van der Waals surface area contributed by atoms with Crippen molar-refractivity contribution in [3.63, 3.8) is 0 Å². The molecule has 3 rings (SSSR count). The summed E-state index contributed by atoms with van der Waals surface area (Å²) in [6.07, 6.45) is -0.191. The Morgan fingerprint density at radius 3 is 2.31 bits per heavy atom. The van der Waals surface area contributed by atoms with Gasteiger partial charge in [0.15, 0.2) is 0 Å². The van der Waals surface area contributed by atoms with Crippen LogP contribution in [0.3, 0.4) is 0 Å². The van der Waals surface area contributed by atoms with Gasteiger partial charge in [-0.15, -0.1) is 0 Å². The second-order valence-corrected chi connectivity index (χ2v) is 13.8. The van der Waals surface area contributed by atoms with E-state index in [1.807, 2.05) is 0 Å². The molecule has 18 heteroatoms. The molecule has 2 heterocycles. The number of hydrogen-bond donors (Lipinski definition) is 6. The summed E-state index contributed by atoms with van der Waals surface area (Å²) >= 11 is 0. The summed E-state index contributed by atoms with van der Waals surface area (Å²) in [6.45, 7) is 6.53. The van der Waals surface area contributed by atoms with Gasteiger partial charge in [0.05, 0.1) is 19.7 Å². The Bertz CT molecular complexity index is 1700. The molecule has 1 aliphatic heterocycles. The third kappa shape index (κ3) is 11.0. The van der Waals surface area contributed by atoms with E-state index in [4.69, 9.17) is 4.42 Å². The number of amides is 5. The molecule has 1 fully saturated rings. The van der Waals surface area contributed by atoms with Gasteiger partial charge in [-0.25, -0.2) is 4.79 Å². The van der Waals surface area contributed by atoms with Gasteiger partial charge >= 0.3 is 19.2 Å². The van der Waals surface area contributed by atoms with Crippen LogP contribution in [0.2, 0.25) is 0 Å². The first-order valence-corrected chi connectivity index (χ1v) is 17.4. The zero-order valence-corrected chi connectivity index (χ0v) is 28.7. The van der Waals surface area contributed by atoms with Crippen molar-refractivity contribution >= 4 is 59.8 Å². The fourth-order valence-corrected chi connectivity index (χ4v) is 6.02. The highest BCUT2D eigenvalue weighted by atomic mass is 31.2. The first-order valence-electron chi connectivity index (χ1n) is 15.6. The average Bonchev–Trinajstić information content (AvgIpc) is 3.50. The zero-order valence-electron chi connectivity index (χ0n) is 27.8. The summed E-state index contributed by atoms with van der Waals surface area (Å²) in [6, 6.07) is 1.21. The Kier molecular flexibility index (Phi) is 13.2. The highest BCUT2D eigenvalue weighted by Crippen LogP contribution is 2.40. The number of carbonyl (C=O) groups is 6. The molecular formula is C31H42N5O12P. The molecule has 4 atom stereocenters. The van der Waals surface area contributed by atoms with Gasteiger partial charge in [0.2, 0.25) is 29.5 Å². The Hall–Kier alpha value is -4.60. The van der Waals surface area contributed by atoms with Crippen molar-refractivity contribution in [2.75, 3.05) is 19.0 Å². The van der Waals surface area contributed by atoms with Gasteiger partial charge in [-0.1, -0.05) is 13.8 Å². The van der Waals surface area contributed by atoms with E-state index in [1.165, 1.54) is 44.1 Å². The number of esters is 1. The lowest BCUT2D eigenvalue weighted by molar-refractivity contribution is -0.142. The maximum absolute atomic E-state index is 13.4. The standard InChI is InChI=1S/C31H42N5O12P/c1-16(2)27(30(42)34-20-8-9-21-19(15-49(44,45)46)13-26(39)48-23(21)14-20)35-29(41)22-7-6-12-36(22)31(43)18(4)33-28(40)17(3)32-24(37)10-11-25(38)47-5/h8-9,13-14,16-18,22,27H,6-7,10-12,15H2,1-5H3,(H,32,37)(H,33,40)(H,34,42)(H,35,41)(H2,44,45,46)/t17-,18-,22+,27-/m0/s1. The number of methoxy groups -OCH3 is 1. The van der Waals surface area contributed by atoms with Crippen LogP contribution in [0.5, 0.6) is 0 Å². The van der Waals surface area contributed by atoms with Crippen molar-refractivity contribution < 1.29 is 52.3 Å². The molecule has 0 radical (unpaired) electrons. The van der Waals surface area contributed by atoms with Gasteiger partial charge in [0.25, 0.3) is 0 Å². The van der Waals surface area contributed by atoms with Crippen LogP contribution in [0.15, 0.2) is 33.5 Å². The van der Waals surface area contributed by atoms with Gasteiger partial charge < -0.3 is 45.1 Å². The molecule has 1 aliphatic rings. The van der Waals surface area contributed by atoms with Crippen LogP contribution in [0.1, 0.15) is 58.9 Å². The van der Waals surface area contributed by atoms with Crippen molar-refractivity contribution in [2.45, 2.75) is 83.7 Å². The number of likely N-dealkylation sites (tertiary alicyclic amines) is 1. The maximum atomic E-state index is 13.4. The van der Waals surface area contributed by atoms with Crippen molar-refractivity contribution in [1.82, 2.24) is 20.9 Å². The second kappa shape index (κ2) is 16.7. The Balaban J connectivity index is 1.64. The molecule has 0 unspecified atom stereocenters. The summed E-state index contributed by atoms with van der Waals surface area (Å²) in [5.41, 5.74) is -0.548. The van der Waals surface area contributed by atoms with Crippen LogP contribution in [0, 0.1) is 5.92 Å². The van der Waals surface area contributed by atoms with Gasteiger partial charge in [-0.2, -0.15) is 0 Å². The number of rotatable bonds is 14. The van der Waals surface area contributed by atoms with Crippen LogP contribution in [-0.4, -0.2) is 88.0 Å². The minimum Gasteiger partial charge on any atom is -0.469 e. The quantitative estimate of drug-likeness (QED) is 0.0893. The molecule has 268 valence electrons. The number of fused-ring (bicyclic) bond motifs is 1. The molecule has 1 saturated heterocycles. The molecule has 5 amide bonds. The number of anilines is 1. The Labute approximate surface area is 281 Å². The second-order valence-electron chi connectivity index (χ2n) is 12.1. The smallest absolute Gasteiger partial charge is 0.336 e. The summed E-state index contributed by atoms with van der Waals surface area (Å²) < 4.78 is 21.2. The highest BCUT2D eigenvalue weighted by Gasteiger charge is 2.38. The van der Waals surface area contributed by atoms with Crippen LogP contribution in [0.25, 0.3) is 11.0 Å². The van der Waals surface area contributed by atoms with Gasteiger partial charge in [0.1, 0.15) is 29.8 Å². The lowest BCUT2D eigenvalue weighted by Crippen LogP contribution is -2.57. The van der Waals surface area contributed by atoms with Crippen molar-refractivity contribution in [1.29, 1.82) is 0 Å². The van der Waals surface area contributed by atoms with Gasteiger partial charge in [-0.3, -0.25) is 33.3 Å². The number of nitrogens with zero attached hydrogens (tertiary/aromatic N) is 1. The molecule has 1 aromatic carbocycles. The maximum Gasteiger partial charge on any atom is 0.336 e. The van der Waals surface area contributed by atoms with Crippen LogP contribution >= 0.6 is 7.60 Å². The first kappa shape index (κ1) is 38.8. The predicted octanol–water partition coefficient (Wildman–Crippen LogP) is 0.504. The third-order valence-electron chi connectivity index (χ3n) is 7.84. The summed E-state index contributed by atoms with van der Waals surface area (Å²) in [7, 11) is -3.30. The molecule has 0 spiro atoms.